The van der Waals surface area contributed by atoms with Crippen LogP contribution in [0.3, 0.4) is 0 Å². The van der Waals surface area contributed by atoms with Crippen molar-refractivity contribution in [1.82, 2.24) is 20.2 Å². The Balaban J connectivity index is 1.21. The number of hydrogen-bond acceptors (Lipinski definition) is 6. The van der Waals surface area contributed by atoms with Gasteiger partial charge in [0.15, 0.2) is 0 Å². The molecule has 1 saturated heterocycles. The number of thioether (sulfide) groups is 1. The molecular formula is C23H32N4O3S2. The number of nitrogens with one attached hydrogen (secondary N) is 2. The molecular weight excluding hydrogens is 444 g/mol. The van der Waals surface area contributed by atoms with Crippen molar-refractivity contribution in [3.63, 3.8) is 0 Å². The third-order valence-corrected chi connectivity index (χ3v) is 8.41. The van der Waals surface area contributed by atoms with Crippen molar-refractivity contribution >= 4 is 45.1 Å². The molecule has 3 heterocycles. The first-order valence-corrected chi connectivity index (χ1v) is 13.6. The van der Waals surface area contributed by atoms with E-state index in [9.17, 15) is 14.4 Å². The van der Waals surface area contributed by atoms with Crippen LogP contribution in [0, 0.1) is 5.92 Å². The predicted octanol–water partition coefficient (Wildman–Crippen LogP) is 3.25. The highest BCUT2D eigenvalue weighted by Gasteiger charge is 2.25. The van der Waals surface area contributed by atoms with Gasteiger partial charge >= 0.3 is 0 Å². The number of aryl methyl sites for hydroxylation is 2. The van der Waals surface area contributed by atoms with Gasteiger partial charge in [0, 0.05) is 42.1 Å². The van der Waals surface area contributed by atoms with Gasteiger partial charge in [-0.15, -0.1) is 11.3 Å². The Morgan fingerprint density at radius 1 is 1.25 bits per heavy atom. The van der Waals surface area contributed by atoms with E-state index >= 15 is 0 Å². The first-order chi connectivity index (χ1) is 15.4. The van der Waals surface area contributed by atoms with Crippen LogP contribution >= 0.6 is 23.1 Å². The van der Waals surface area contributed by atoms with Crippen LogP contribution < -0.4 is 10.9 Å². The summed E-state index contributed by atoms with van der Waals surface area (Å²) in [5.74, 6) is 2.23. The SMILES string of the molecule is CC(C)C(=O)N1CCC(NC(=O)CCSCc2nc3sc4c(c3c(=O)[nH]2)CCCC4)CC1. The molecule has 0 spiro atoms. The van der Waals surface area contributed by atoms with E-state index in [1.165, 1.54) is 16.9 Å². The minimum atomic E-state index is -0.0231. The Morgan fingerprint density at radius 3 is 2.75 bits per heavy atom. The predicted molar refractivity (Wildman–Crippen MR) is 130 cm³/mol. The Bertz CT molecular complexity index is 1040. The largest absolute Gasteiger partial charge is 0.353 e. The number of aromatic nitrogens is 2. The van der Waals surface area contributed by atoms with E-state index in [1.54, 1.807) is 23.1 Å². The molecule has 0 unspecified atom stereocenters. The minimum absolute atomic E-state index is 0.0218. The van der Waals surface area contributed by atoms with Gasteiger partial charge in [0.25, 0.3) is 5.56 Å². The average molecular weight is 477 g/mol. The summed E-state index contributed by atoms with van der Waals surface area (Å²) < 4.78 is 0. The number of nitrogens with zero attached hydrogens (tertiary/aromatic N) is 2. The number of hydrogen-bond donors (Lipinski definition) is 2. The molecule has 32 heavy (non-hydrogen) atoms. The van der Waals surface area contributed by atoms with Crippen LogP contribution in [0.25, 0.3) is 10.2 Å². The van der Waals surface area contributed by atoms with Gasteiger partial charge < -0.3 is 15.2 Å². The number of H-pyrrole nitrogens is 1. The van der Waals surface area contributed by atoms with Crippen molar-refractivity contribution < 1.29 is 9.59 Å². The maximum Gasteiger partial charge on any atom is 0.259 e. The second-order valence-electron chi connectivity index (χ2n) is 9.03. The summed E-state index contributed by atoms with van der Waals surface area (Å²) in [5.41, 5.74) is 1.19. The van der Waals surface area contributed by atoms with Crippen molar-refractivity contribution in [3.05, 3.63) is 26.6 Å². The summed E-state index contributed by atoms with van der Waals surface area (Å²) in [5, 5.41) is 3.90. The summed E-state index contributed by atoms with van der Waals surface area (Å²) in [4.78, 5) is 48.7. The molecule has 1 aliphatic carbocycles. The van der Waals surface area contributed by atoms with Crippen molar-refractivity contribution in [3.8, 4) is 0 Å². The summed E-state index contributed by atoms with van der Waals surface area (Å²) in [7, 11) is 0. The Hall–Kier alpha value is -1.87. The number of piperidine rings is 1. The first-order valence-electron chi connectivity index (χ1n) is 11.6. The quantitative estimate of drug-likeness (QED) is 0.598. The third kappa shape index (κ3) is 5.36. The monoisotopic (exact) mass is 476 g/mol. The van der Waals surface area contributed by atoms with E-state index in [0.717, 1.165) is 42.3 Å². The fraction of sp³-hybridized carbons (Fsp3) is 0.652. The molecule has 0 radical (unpaired) electrons. The van der Waals surface area contributed by atoms with Crippen LogP contribution in [0.5, 0.6) is 0 Å². The molecule has 0 saturated carbocycles. The molecule has 2 aromatic rings. The number of likely N-dealkylation sites (tertiary alicyclic amines) is 1. The van der Waals surface area contributed by atoms with E-state index in [4.69, 9.17) is 4.98 Å². The number of fused-ring (bicyclic) bond motifs is 3. The highest BCUT2D eigenvalue weighted by molar-refractivity contribution is 7.98. The number of rotatable bonds is 7. The lowest BCUT2D eigenvalue weighted by Crippen LogP contribution is -2.47. The lowest BCUT2D eigenvalue weighted by atomic mass is 9.97. The maximum atomic E-state index is 12.6. The van der Waals surface area contributed by atoms with Gasteiger partial charge in [0.2, 0.25) is 11.8 Å². The lowest BCUT2D eigenvalue weighted by Gasteiger charge is -2.33. The molecule has 2 aromatic heterocycles. The number of aromatic amines is 1. The molecule has 4 rings (SSSR count). The molecule has 1 aliphatic heterocycles. The summed E-state index contributed by atoms with van der Waals surface area (Å²) in [6.45, 7) is 5.27. The number of carbonyl (C=O) groups is 2. The molecule has 174 valence electrons. The van der Waals surface area contributed by atoms with E-state index in [2.05, 4.69) is 10.3 Å². The van der Waals surface area contributed by atoms with E-state index in [1.807, 2.05) is 18.7 Å². The van der Waals surface area contributed by atoms with Crippen LogP contribution in [0.4, 0.5) is 0 Å². The van der Waals surface area contributed by atoms with Crippen LogP contribution in [-0.4, -0.2) is 51.6 Å². The molecule has 0 atom stereocenters. The zero-order chi connectivity index (χ0) is 22.7. The van der Waals surface area contributed by atoms with Gasteiger partial charge in [-0.3, -0.25) is 14.4 Å². The van der Waals surface area contributed by atoms with Crippen LogP contribution in [0.1, 0.15) is 62.2 Å². The highest BCUT2D eigenvalue weighted by atomic mass is 32.2. The molecule has 2 amide bonds. The zero-order valence-corrected chi connectivity index (χ0v) is 20.5. The van der Waals surface area contributed by atoms with Gasteiger partial charge in [-0.25, -0.2) is 4.98 Å². The molecule has 1 fully saturated rings. The summed E-state index contributed by atoms with van der Waals surface area (Å²) in [6, 6.07) is 0.147. The lowest BCUT2D eigenvalue weighted by molar-refractivity contribution is -0.135. The standard InChI is InChI=1S/C23H32N4O3S2/c1-14(2)23(30)27-10-7-15(8-11-27)24-19(28)9-12-31-13-18-25-21(29)20-16-5-3-4-6-17(16)32-22(20)26-18/h14-15H,3-13H2,1-2H3,(H,24,28)(H,25,26,29). The Labute approximate surface area is 196 Å². The highest BCUT2D eigenvalue weighted by Crippen LogP contribution is 2.33. The summed E-state index contributed by atoms with van der Waals surface area (Å²) in [6.07, 6.45) is 6.44. The molecule has 2 aliphatic rings. The fourth-order valence-corrected chi connectivity index (χ4v) is 6.60. The molecule has 0 aromatic carbocycles. The zero-order valence-electron chi connectivity index (χ0n) is 18.9. The summed E-state index contributed by atoms with van der Waals surface area (Å²) >= 11 is 3.28. The smallest absolute Gasteiger partial charge is 0.259 e. The second kappa shape index (κ2) is 10.4. The van der Waals surface area contributed by atoms with Crippen molar-refractivity contribution in [2.75, 3.05) is 18.8 Å². The number of amides is 2. The van der Waals surface area contributed by atoms with Gasteiger partial charge in [-0.2, -0.15) is 11.8 Å². The molecule has 7 nitrogen and oxygen atoms in total. The van der Waals surface area contributed by atoms with Crippen molar-refractivity contribution in [1.29, 1.82) is 0 Å². The average Bonchev–Trinajstić information content (AvgIpc) is 3.15. The second-order valence-corrected chi connectivity index (χ2v) is 11.2. The van der Waals surface area contributed by atoms with Gasteiger partial charge in [0.1, 0.15) is 10.7 Å². The third-order valence-electron chi connectivity index (χ3n) is 6.25. The molecule has 9 heteroatoms. The number of carbonyl (C=O) groups excluding carboxylic acids is 2. The van der Waals surface area contributed by atoms with Crippen LogP contribution in [0.2, 0.25) is 0 Å². The van der Waals surface area contributed by atoms with Gasteiger partial charge in [-0.05, 0) is 44.1 Å². The normalized spacial score (nSPS) is 17.0. The van der Waals surface area contributed by atoms with E-state index < -0.39 is 0 Å². The fourth-order valence-electron chi connectivity index (χ4n) is 4.52. The van der Waals surface area contributed by atoms with E-state index in [0.29, 0.717) is 36.8 Å². The van der Waals surface area contributed by atoms with Crippen molar-refractivity contribution in [2.24, 2.45) is 5.92 Å². The number of thiophene rings is 1. The Kier molecular flexibility index (Phi) is 7.55. The van der Waals surface area contributed by atoms with Crippen molar-refractivity contribution in [2.45, 2.75) is 70.6 Å². The Morgan fingerprint density at radius 2 is 2.00 bits per heavy atom. The van der Waals surface area contributed by atoms with Gasteiger partial charge in [0.05, 0.1) is 11.1 Å². The maximum absolute atomic E-state index is 12.6. The van der Waals surface area contributed by atoms with E-state index in [-0.39, 0.29) is 29.3 Å². The molecule has 2 N–H and O–H groups in total. The first kappa shape index (κ1) is 23.3. The topological polar surface area (TPSA) is 95.2 Å². The van der Waals surface area contributed by atoms with Crippen LogP contribution in [0.15, 0.2) is 4.79 Å². The van der Waals surface area contributed by atoms with Crippen LogP contribution in [-0.2, 0) is 28.2 Å². The minimum Gasteiger partial charge on any atom is -0.353 e. The van der Waals surface area contributed by atoms with Gasteiger partial charge in [-0.1, -0.05) is 13.8 Å². The molecule has 0 bridgehead atoms.